The number of rotatable bonds is 21. The third kappa shape index (κ3) is 12.6. The first kappa shape index (κ1) is 34.9. The largest absolute Gasteiger partial charge is 0.481 e. The zero-order valence-electron chi connectivity index (χ0n) is 24.4. The Labute approximate surface area is 246 Å². The average Bonchev–Trinajstić information content (AvgIpc) is 3.43. The fraction of sp³-hybridized carbons (Fsp3) is 0.846. The van der Waals surface area contributed by atoms with Crippen molar-refractivity contribution < 1.29 is 43.3 Å². The molecule has 2 aliphatic rings. The molecular weight excluding hydrogens is 558 g/mol. The fourth-order valence-electron chi connectivity index (χ4n) is 4.56. The van der Waals surface area contributed by atoms with Crippen molar-refractivity contribution in [3.8, 4) is 0 Å². The summed E-state index contributed by atoms with van der Waals surface area (Å²) in [6, 6.07) is -1.35. The van der Waals surface area contributed by atoms with Crippen molar-refractivity contribution in [2.24, 2.45) is 5.73 Å². The summed E-state index contributed by atoms with van der Waals surface area (Å²) in [5, 5.41) is 18.8. The summed E-state index contributed by atoms with van der Waals surface area (Å²) in [6.07, 6.45) is 2.81. The number of urea groups is 2. The molecule has 0 aromatic heterocycles. The summed E-state index contributed by atoms with van der Waals surface area (Å²) < 4.78 is 15.8. The number of amides is 5. The molecular formula is C26H47N5O9S. The van der Waals surface area contributed by atoms with E-state index >= 15 is 0 Å². The van der Waals surface area contributed by atoms with Crippen LogP contribution in [0.3, 0.4) is 0 Å². The van der Waals surface area contributed by atoms with Crippen LogP contribution in [-0.2, 0) is 28.6 Å². The fourth-order valence-corrected chi connectivity index (χ4v) is 6.21. The van der Waals surface area contributed by atoms with E-state index in [4.69, 9.17) is 29.9 Å². The minimum atomic E-state index is -0.858. The summed E-state index contributed by atoms with van der Waals surface area (Å²) in [7, 11) is 0. The Morgan fingerprint density at radius 2 is 1.66 bits per heavy atom. The van der Waals surface area contributed by atoms with Crippen molar-refractivity contribution in [1.29, 1.82) is 0 Å². The van der Waals surface area contributed by atoms with Crippen LogP contribution < -0.4 is 21.7 Å². The molecule has 0 aromatic carbocycles. The van der Waals surface area contributed by atoms with Gasteiger partial charge in [0.2, 0.25) is 5.91 Å². The Balaban J connectivity index is 1.52. The van der Waals surface area contributed by atoms with Crippen molar-refractivity contribution in [2.45, 2.75) is 81.7 Å². The van der Waals surface area contributed by atoms with E-state index in [0.29, 0.717) is 90.6 Å². The number of hydrogen-bond donors (Lipinski definition) is 5. The van der Waals surface area contributed by atoms with E-state index in [2.05, 4.69) is 16.0 Å². The van der Waals surface area contributed by atoms with Crippen LogP contribution in [0.25, 0.3) is 0 Å². The Hall–Kier alpha value is -2.33. The van der Waals surface area contributed by atoms with Gasteiger partial charge < -0.3 is 41.0 Å². The van der Waals surface area contributed by atoms with Crippen LogP contribution in [0.5, 0.6) is 0 Å². The number of carboxylic acid groups (broad SMARTS) is 1. The number of nitrogens with two attached hydrogens (primary N) is 1. The van der Waals surface area contributed by atoms with E-state index in [1.807, 2.05) is 20.8 Å². The second kappa shape index (κ2) is 17.6. The maximum absolute atomic E-state index is 13.2. The van der Waals surface area contributed by atoms with E-state index in [1.165, 1.54) is 11.8 Å². The number of ether oxygens (including phenoxy) is 3. The second-order valence-corrected chi connectivity index (χ2v) is 12.3. The Bertz CT molecular complexity index is 860. The highest BCUT2D eigenvalue weighted by atomic mass is 32.2. The second-order valence-electron chi connectivity index (χ2n) is 10.9. The number of fused-ring (bicyclic) bond motifs is 1. The molecule has 2 saturated heterocycles. The van der Waals surface area contributed by atoms with Crippen molar-refractivity contribution in [1.82, 2.24) is 21.0 Å². The summed E-state index contributed by atoms with van der Waals surface area (Å²) in [4.78, 5) is 52.9. The van der Waals surface area contributed by atoms with Gasteiger partial charge in [-0.1, -0.05) is 6.42 Å². The zero-order valence-corrected chi connectivity index (χ0v) is 25.2. The smallest absolute Gasteiger partial charge is 0.338 e. The number of unbranched alkanes of at least 4 members (excludes halogenated alkanes) is 1. The van der Waals surface area contributed by atoms with Crippen LogP contribution in [0.4, 0.5) is 9.59 Å². The normalized spacial score (nSPS) is 21.7. The van der Waals surface area contributed by atoms with Gasteiger partial charge in [0, 0.05) is 31.9 Å². The van der Waals surface area contributed by atoms with Gasteiger partial charge in [0.15, 0.2) is 0 Å². The molecule has 0 unspecified atom stereocenters. The highest BCUT2D eigenvalue weighted by Crippen LogP contribution is 2.44. The third-order valence-corrected chi connectivity index (χ3v) is 8.06. The third-order valence-electron chi connectivity index (χ3n) is 6.38. The summed E-state index contributed by atoms with van der Waals surface area (Å²) in [5.74, 6) is -0.367. The highest BCUT2D eigenvalue weighted by molar-refractivity contribution is 8.01. The number of nitrogens with zero attached hydrogens (tertiary/aromatic N) is 1. The molecule has 14 nitrogen and oxygen atoms in total. The Morgan fingerprint density at radius 3 is 2.27 bits per heavy atom. The molecule has 0 aromatic rings. The molecule has 5 amide bonds. The van der Waals surface area contributed by atoms with Crippen LogP contribution >= 0.6 is 11.8 Å². The van der Waals surface area contributed by atoms with Crippen LogP contribution in [0.15, 0.2) is 0 Å². The van der Waals surface area contributed by atoms with Gasteiger partial charge in [-0.3, -0.25) is 14.4 Å². The van der Waals surface area contributed by atoms with Gasteiger partial charge in [0.25, 0.3) is 0 Å². The topological polar surface area (TPSA) is 191 Å². The number of primary amides is 1. The van der Waals surface area contributed by atoms with Crippen molar-refractivity contribution in [2.75, 3.05) is 58.5 Å². The minimum Gasteiger partial charge on any atom is -0.481 e. The molecule has 2 rings (SSSR count). The lowest BCUT2D eigenvalue weighted by atomic mass is 9.88. The highest BCUT2D eigenvalue weighted by Gasteiger charge is 2.57. The standard InChI is InChI=1S/C26H47N5O9S/c1-25(2,3)40-31(23(27)35)11-7-13-38-15-17-39-16-14-37-12-6-10-28-22(34)26(9-5-4-8-20(32)33)21-19(18-41-26)29-24(36)30-21/h19,21H,4-18H2,1-3H3,(H2,27,35)(H,28,34)(H,32,33)(H2,29,30,36)/t19-,21-,26-/m0/s1. The van der Waals surface area contributed by atoms with Crippen LogP contribution in [0, 0.1) is 0 Å². The molecule has 236 valence electrons. The quantitative estimate of drug-likeness (QED) is 0.0722. The molecule has 2 aliphatic heterocycles. The number of carbonyl (C=O) groups excluding carboxylic acids is 3. The van der Waals surface area contributed by atoms with Crippen LogP contribution in [0.2, 0.25) is 0 Å². The maximum atomic E-state index is 13.2. The molecule has 41 heavy (non-hydrogen) atoms. The number of thioether (sulfide) groups is 1. The van der Waals surface area contributed by atoms with Crippen molar-refractivity contribution in [3.05, 3.63) is 0 Å². The van der Waals surface area contributed by atoms with E-state index in [-0.39, 0.29) is 30.4 Å². The SMILES string of the molecule is CC(C)(C)ON(CCCOCCOCCOCCCNC(=O)[C@@]1(CCCCC(=O)O)SC[C@@H]2NC(=O)N[C@@H]21)C(N)=O. The Morgan fingerprint density at radius 1 is 1.02 bits per heavy atom. The van der Waals surface area contributed by atoms with Gasteiger partial charge in [-0.05, 0) is 46.5 Å². The average molecular weight is 606 g/mol. The predicted molar refractivity (Wildman–Crippen MR) is 152 cm³/mol. The molecule has 15 heteroatoms. The van der Waals surface area contributed by atoms with Crippen molar-refractivity contribution >= 4 is 35.7 Å². The first-order valence-electron chi connectivity index (χ1n) is 14.1. The molecule has 2 heterocycles. The lowest BCUT2D eigenvalue weighted by Crippen LogP contribution is -2.56. The molecule has 0 bridgehead atoms. The molecule has 0 aliphatic carbocycles. The summed E-state index contributed by atoms with van der Waals surface area (Å²) in [6.45, 7) is 8.83. The maximum Gasteiger partial charge on any atom is 0.338 e. The lowest BCUT2D eigenvalue weighted by molar-refractivity contribution is -0.193. The summed E-state index contributed by atoms with van der Waals surface area (Å²) >= 11 is 1.52. The van der Waals surface area contributed by atoms with Gasteiger partial charge in [-0.25, -0.2) is 14.7 Å². The molecule has 0 spiro atoms. The van der Waals surface area contributed by atoms with E-state index in [1.54, 1.807) is 0 Å². The van der Waals surface area contributed by atoms with Gasteiger partial charge in [-0.2, -0.15) is 0 Å². The lowest BCUT2D eigenvalue weighted by Gasteiger charge is -2.32. The van der Waals surface area contributed by atoms with Gasteiger partial charge >= 0.3 is 18.0 Å². The molecule has 2 fully saturated rings. The molecule has 6 N–H and O–H groups in total. The molecule has 0 saturated carbocycles. The number of hydrogen-bond acceptors (Lipinski definition) is 9. The van der Waals surface area contributed by atoms with Gasteiger partial charge in [-0.15, -0.1) is 11.8 Å². The van der Waals surface area contributed by atoms with E-state index in [9.17, 15) is 19.2 Å². The minimum absolute atomic E-state index is 0.0557. The van der Waals surface area contributed by atoms with Crippen LogP contribution in [-0.4, -0.2) is 115 Å². The first-order chi connectivity index (χ1) is 19.4. The number of hydroxylamine groups is 2. The van der Waals surface area contributed by atoms with Crippen LogP contribution in [0.1, 0.15) is 59.3 Å². The zero-order chi connectivity index (χ0) is 30.3. The number of aliphatic carboxylic acids is 1. The van der Waals surface area contributed by atoms with E-state index in [0.717, 1.165) is 5.06 Å². The predicted octanol–water partition coefficient (Wildman–Crippen LogP) is 1.22. The number of nitrogens with one attached hydrogen (secondary N) is 3. The van der Waals surface area contributed by atoms with Crippen molar-refractivity contribution in [3.63, 3.8) is 0 Å². The van der Waals surface area contributed by atoms with E-state index < -0.39 is 22.3 Å². The number of carbonyl (C=O) groups is 4. The Kier molecular flexibility index (Phi) is 15.0. The van der Waals surface area contributed by atoms with Gasteiger partial charge in [0.1, 0.15) is 4.75 Å². The molecule has 0 radical (unpaired) electrons. The van der Waals surface area contributed by atoms with Gasteiger partial charge in [0.05, 0.1) is 50.7 Å². The molecule has 3 atom stereocenters. The number of carboxylic acids is 1. The monoisotopic (exact) mass is 605 g/mol. The first-order valence-corrected chi connectivity index (χ1v) is 15.1. The summed E-state index contributed by atoms with van der Waals surface area (Å²) in [5.41, 5.74) is 4.81.